The second-order valence-corrected chi connectivity index (χ2v) is 3.30. The fourth-order valence-corrected chi connectivity index (χ4v) is 1.27. The molecule has 2 N–H and O–H groups in total. The molecule has 0 aromatic heterocycles. The van der Waals surface area contributed by atoms with Crippen molar-refractivity contribution in [3.05, 3.63) is 35.4 Å². The van der Waals surface area contributed by atoms with E-state index in [9.17, 15) is 0 Å². The van der Waals surface area contributed by atoms with Gasteiger partial charge in [0.25, 0.3) is 0 Å². The van der Waals surface area contributed by atoms with E-state index in [0.29, 0.717) is 0 Å². The molecule has 0 amide bonds. The summed E-state index contributed by atoms with van der Waals surface area (Å²) in [5.74, 6) is 2.53. The van der Waals surface area contributed by atoms with Gasteiger partial charge in [-0.2, -0.15) is 0 Å². The van der Waals surface area contributed by atoms with Crippen molar-refractivity contribution >= 4 is 0 Å². The molecular formula is C12H15N. The number of rotatable bonds is 3. The second kappa shape index (κ2) is 4.69. The smallest absolute Gasteiger partial charge is 0.0665 e. The highest BCUT2D eigenvalue weighted by molar-refractivity contribution is 5.22. The molecule has 0 aliphatic rings. The van der Waals surface area contributed by atoms with Crippen LogP contribution in [0.2, 0.25) is 0 Å². The molecule has 0 fully saturated rings. The van der Waals surface area contributed by atoms with Crippen LogP contribution in [-0.4, -0.2) is 6.04 Å². The van der Waals surface area contributed by atoms with Crippen LogP contribution in [0.15, 0.2) is 24.3 Å². The molecule has 0 saturated heterocycles. The van der Waals surface area contributed by atoms with Crippen LogP contribution in [0, 0.1) is 19.3 Å². The number of hydrogen-bond donors (Lipinski definition) is 1. The number of terminal acetylenes is 1. The number of benzene rings is 1. The first kappa shape index (κ1) is 9.83. The monoisotopic (exact) mass is 173 g/mol. The van der Waals surface area contributed by atoms with Crippen LogP contribution >= 0.6 is 0 Å². The summed E-state index contributed by atoms with van der Waals surface area (Å²) in [4.78, 5) is 0. The summed E-state index contributed by atoms with van der Waals surface area (Å²) < 4.78 is 0. The lowest BCUT2D eigenvalue weighted by molar-refractivity contribution is 0.739. The van der Waals surface area contributed by atoms with Gasteiger partial charge in [0.2, 0.25) is 0 Å². The second-order valence-electron chi connectivity index (χ2n) is 3.30. The van der Waals surface area contributed by atoms with E-state index in [1.807, 2.05) is 0 Å². The van der Waals surface area contributed by atoms with Crippen molar-refractivity contribution in [3.8, 4) is 12.3 Å². The Morgan fingerprint density at radius 2 is 2.31 bits per heavy atom. The Kier molecular flexibility index (Phi) is 3.54. The van der Waals surface area contributed by atoms with Gasteiger partial charge in [-0.3, -0.25) is 0 Å². The molecule has 0 radical (unpaired) electrons. The third-order valence-corrected chi connectivity index (χ3v) is 2.04. The van der Waals surface area contributed by atoms with Gasteiger partial charge in [0, 0.05) is 0 Å². The molecule has 13 heavy (non-hydrogen) atoms. The zero-order chi connectivity index (χ0) is 9.68. The van der Waals surface area contributed by atoms with Gasteiger partial charge >= 0.3 is 0 Å². The molecule has 1 heteroatoms. The fourth-order valence-electron chi connectivity index (χ4n) is 1.27. The molecular weight excluding hydrogens is 158 g/mol. The van der Waals surface area contributed by atoms with E-state index in [1.165, 1.54) is 11.1 Å². The summed E-state index contributed by atoms with van der Waals surface area (Å²) in [5, 5.41) is 0. The summed E-state index contributed by atoms with van der Waals surface area (Å²) in [5.41, 5.74) is 8.22. The maximum Gasteiger partial charge on any atom is 0.0665 e. The number of nitrogens with two attached hydrogens (primary N) is 1. The van der Waals surface area contributed by atoms with Crippen LogP contribution in [-0.2, 0) is 6.42 Å². The summed E-state index contributed by atoms with van der Waals surface area (Å²) in [7, 11) is 0. The molecule has 0 aliphatic heterocycles. The normalized spacial score (nSPS) is 12.1. The highest BCUT2D eigenvalue weighted by Crippen LogP contribution is 2.07. The minimum atomic E-state index is -0.111. The van der Waals surface area contributed by atoms with Gasteiger partial charge in [-0.15, -0.1) is 6.42 Å². The van der Waals surface area contributed by atoms with Gasteiger partial charge in [0.1, 0.15) is 0 Å². The van der Waals surface area contributed by atoms with E-state index in [2.05, 4.69) is 37.1 Å². The lowest BCUT2D eigenvalue weighted by atomic mass is 10.0. The van der Waals surface area contributed by atoms with E-state index in [1.54, 1.807) is 0 Å². The highest BCUT2D eigenvalue weighted by atomic mass is 14.6. The van der Waals surface area contributed by atoms with Gasteiger partial charge < -0.3 is 5.73 Å². The van der Waals surface area contributed by atoms with E-state index >= 15 is 0 Å². The average Bonchev–Trinajstić information content (AvgIpc) is 2.14. The van der Waals surface area contributed by atoms with Crippen LogP contribution in [0.5, 0.6) is 0 Å². The predicted molar refractivity (Wildman–Crippen MR) is 56.3 cm³/mol. The molecule has 0 aliphatic carbocycles. The fraction of sp³-hybridized carbons (Fsp3) is 0.333. The van der Waals surface area contributed by atoms with Crippen LogP contribution in [0.1, 0.15) is 17.5 Å². The first-order valence-corrected chi connectivity index (χ1v) is 4.49. The molecule has 1 aromatic rings. The van der Waals surface area contributed by atoms with Gasteiger partial charge in [-0.1, -0.05) is 35.7 Å². The summed E-state index contributed by atoms with van der Waals surface area (Å²) in [6.07, 6.45) is 7.02. The molecule has 1 rings (SSSR count). The molecule has 68 valence electrons. The molecule has 0 bridgehead atoms. The van der Waals surface area contributed by atoms with Gasteiger partial charge in [0.05, 0.1) is 6.04 Å². The summed E-state index contributed by atoms with van der Waals surface area (Å²) in [6, 6.07) is 8.32. The first-order chi connectivity index (χ1) is 6.22. The van der Waals surface area contributed by atoms with Crippen LogP contribution < -0.4 is 5.73 Å². The minimum absolute atomic E-state index is 0.111. The predicted octanol–water partition coefficient (Wildman–Crippen LogP) is 1.89. The number of hydrogen-bond acceptors (Lipinski definition) is 1. The molecule has 0 heterocycles. The van der Waals surface area contributed by atoms with Crippen molar-refractivity contribution in [3.63, 3.8) is 0 Å². The maximum absolute atomic E-state index is 5.62. The van der Waals surface area contributed by atoms with Crippen molar-refractivity contribution in [2.75, 3.05) is 0 Å². The lowest BCUT2D eigenvalue weighted by Gasteiger charge is -2.04. The number of aryl methyl sites for hydroxylation is 2. The molecule has 0 spiro atoms. The average molecular weight is 173 g/mol. The van der Waals surface area contributed by atoms with Crippen LogP contribution in [0.25, 0.3) is 0 Å². The third kappa shape index (κ3) is 3.31. The van der Waals surface area contributed by atoms with E-state index in [4.69, 9.17) is 12.2 Å². The Morgan fingerprint density at radius 1 is 1.54 bits per heavy atom. The molecule has 1 unspecified atom stereocenters. The zero-order valence-electron chi connectivity index (χ0n) is 7.96. The van der Waals surface area contributed by atoms with Gasteiger partial charge in [-0.05, 0) is 25.3 Å². The highest BCUT2D eigenvalue weighted by Gasteiger charge is 1.98. The first-order valence-electron chi connectivity index (χ1n) is 4.49. The van der Waals surface area contributed by atoms with Crippen molar-refractivity contribution in [1.29, 1.82) is 0 Å². The Labute approximate surface area is 80.0 Å². The maximum atomic E-state index is 5.62. The standard InChI is InChI=1S/C12H15N/c1-3-12(13)8-7-11-6-4-5-10(2)9-11/h1,4-6,9,12H,7-8,13H2,2H3. The zero-order valence-corrected chi connectivity index (χ0v) is 7.96. The van der Waals surface area contributed by atoms with Crippen LogP contribution in [0.3, 0.4) is 0 Å². The van der Waals surface area contributed by atoms with E-state index in [-0.39, 0.29) is 6.04 Å². The minimum Gasteiger partial charge on any atom is -0.318 e. The third-order valence-electron chi connectivity index (χ3n) is 2.04. The van der Waals surface area contributed by atoms with E-state index in [0.717, 1.165) is 12.8 Å². The van der Waals surface area contributed by atoms with E-state index < -0.39 is 0 Å². The Morgan fingerprint density at radius 3 is 2.92 bits per heavy atom. The Balaban J connectivity index is 2.51. The molecule has 1 atom stereocenters. The van der Waals surface area contributed by atoms with Crippen molar-refractivity contribution < 1.29 is 0 Å². The summed E-state index contributed by atoms with van der Waals surface area (Å²) in [6.45, 7) is 2.09. The SMILES string of the molecule is C#CC(N)CCc1cccc(C)c1. The quantitative estimate of drug-likeness (QED) is 0.694. The molecule has 1 nitrogen and oxygen atoms in total. The van der Waals surface area contributed by atoms with Crippen molar-refractivity contribution in [2.24, 2.45) is 5.73 Å². The topological polar surface area (TPSA) is 26.0 Å². The van der Waals surface area contributed by atoms with Crippen molar-refractivity contribution in [1.82, 2.24) is 0 Å². The Bertz CT molecular complexity index is 309. The summed E-state index contributed by atoms with van der Waals surface area (Å²) >= 11 is 0. The molecule has 0 saturated carbocycles. The van der Waals surface area contributed by atoms with Crippen LogP contribution in [0.4, 0.5) is 0 Å². The van der Waals surface area contributed by atoms with Crippen molar-refractivity contribution in [2.45, 2.75) is 25.8 Å². The van der Waals surface area contributed by atoms with Gasteiger partial charge in [0.15, 0.2) is 0 Å². The van der Waals surface area contributed by atoms with Gasteiger partial charge in [-0.25, -0.2) is 0 Å². The largest absolute Gasteiger partial charge is 0.318 e. The lowest BCUT2D eigenvalue weighted by Crippen LogP contribution is -2.17. The Hall–Kier alpha value is -1.26. The molecule has 1 aromatic carbocycles.